The zero-order valence-corrected chi connectivity index (χ0v) is 18.9. The van der Waals surface area contributed by atoms with Crippen LogP contribution in [-0.2, 0) is 24.2 Å². The third-order valence-corrected chi connectivity index (χ3v) is 6.92. The van der Waals surface area contributed by atoms with E-state index in [9.17, 15) is 0 Å². The van der Waals surface area contributed by atoms with Crippen LogP contribution in [0.3, 0.4) is 0 Å². The number of aromatic nitrogens is 1. The van der Waals surface area contributed by atoms with Crippen molar-refractivity contribution in [3.63, 3.8) is 0 Å². The van der Waals surface area contributed by atoms with Crippen LogP contribution in [0.2, 0.25) is 0 Å². The van der Waals surface area contributed by atoms with Crippen LogP contribution in [0.5, 0.6) is 0 Å². The quantitative estimate of drug-likeness (QED) is 0.426. The summed E-state index contributed by atoms with van der Waals surface area (Å²) in [6.07, 6.45) is 0.973. The van der Waals surface area contributed by atoms with Crippen molar-refractivity contribution in [3.05, 3.63) is 95.7 Å². The molecular weight excluding hydrogens is 406 g/mol. The lowest BCUT2D eigenvalue weighted by atomic mass is 9.96. The summed E-state index contributed by atoms with van der Waals surface area (Å²) >= 11 is 0. The summed E-state index contributed by atoms with van der Waals surface area (Å²) in [5.74, 6) is 0. The Balaban J connectivity index is 1.19. The molecule has 0 saturated carbocycles. The van der Waals surface area contributed by atoms with Crippen LogP contribution in [-0.4, -0.2) is 42.7 Å². The summed E-state index contributed by atoms with van der Waals surface area (Å²) in [5.41, 5.74) is 9.16. The molecule has 2 aliphatic rings. The summed E-state index contributed by atoms with van der Waals surface area (Å²) in [5, 5.41) is 1.21. The Hall–Kier alpha value is -3.21. The van der Waals surface area contributed by atoms with Crippen molar-refractivity contribution in [2.24, 2.45) is 0 Å². The molecule has 0 atom stereocenters. The second-order valence-electron chi connectivity index (χ2n) is 9.05. The first-order valence-corrected chi connectivity index (χ1v) is 11.9. The number of morpholine rings is 1. The monoisotopic (exact) mass is 435 g/mol. The Kier molecular flexibility index (Phi) is 5.54. The van der Waals surface area contributed by atoms with E-state index in [4.69, 9.17) is 9.72 Å². The Morgan fingerprint density at radius 1 is 0.818 bits per heavy atom. The lowest BCUT2D eigenvalue weighted by Crippen LogP contribution is -2.36. The smallest absolute Gasteiger partial charge is 0.0705 e. The molecule has 1 saturated heterocycles. The van der Waals surface area contributed by atoms with Gasteiger partial charge in [0.25, 0.3) is 0 Å². The average Bonchev–Trinajstić information content (AvgIpc) is 3.31. The largest absolute Gasteiger partial charge is 0.378 e. The maximum Gasteiger partial charge on any atom is 0.0705 e. The number of anilines is 1. The molecule has 0 unspecified atom stereocenters. The molecule has 166 valence electrons. The number of hydrogen-bond donors (Lipinski definition) is 0. The first-order valence-electron chi connectivity index (χ1n) is 11.9. The van der Waals surface area contributed by atoms with E-state index in [0.717, 1.165) is 57.9 Å². The predicted octanol–water partition coefficient (Wildman–Crippen LogP) is 5.30. The number of ether oxygens (including phenoxy) is 1. The lowest BCUT2D eigenvalue weighted by molar-refractivity contribution is 0.122. The van der Waals surface area contributed by atoms with Crippen LogP contribution in [0.25, 0.3) is 22.0 Å². The number of benzene rings is 3. The molecule has 0 aliphatic carbocycles. The van der Waals surface area contributed by atoms with Gasteiger partial charge >= 0.3 is 0 Å². The minimum absolute atomic E-state index is 0.811. The predicted molar refractivity (Wildman–Crippen MR) is 134 cm³/mol. The van der Waals surface area contributed by atoms with Crippen LogP contribution in [0.15, 0.2) is 78.9 Å². The molecule has 2 aliphatic heterocycles. The van der Waals surface area contributed by atoms with Gasteiger partial charge in [0.05, 0.1) is 18.7 Å². The van der Waals surface area contributed by atoms with E-state index in [0.29, 0.717) is 0 Å². The molecule has 0 bridgehead atoms. The molecule has 0 spiro atoms. The van der Waals surface area contributed by atoms with Crippen molar-refractivity contribution in [1.29, 1.82) is 0 Å². The molecule has 4 nitrogen and oxygen atoms in total. The van der Waals surface area contributed by atoms with Crippen molar-refractivity contribution < 1.29 is 4.74 Å². The fourth-order valence-electron chi connectivity index (χ4n) is 5.13. The summed E-state index contributed by atoms with van der Waals surface area (Å²) < 4.78 is 5.53. The van der Waals surface area contributed by atoms with Crippen molar-refractivity contribution in [2.75, 3.05) is 37.7 Å². The number of hydrogen-bond acceptors (Lipinski definition) is 4. The zero-order valence-electron chi connectivity index (χ0n) is 18.9. The highest BCUT2D eigenvalue weighted by Crippen LogP contribution is 2.34. The molecule has 0 radical (unpaired) electrons. The number of fused-ring (bicyclic) bond motifs is 2. The van der Waals surface area contributed by atoms with Crippen LogP contribution < -0.4 is 4.90 Å². The molecule has 0 N–H and O–H groups in total. The number of pyridine rings is 1. The maximum atomic E-state index is 5.53. The van der Waals surface area contributed by atoms with E-state index in [1.807, 2.05) is 0 Å². The Labute approximate surface area is 195 Å². The van der Waals surface area contributed by atoms with Crippen molar-refractivity contribution >= 4 is 16.6 Å². The summed E-state index contributed by atoms with van der Waals surface area (Å²) in [6, 6.07) is 28.5. The van der Waals surface area contributed by atoms with Crippen molar-refractivity contribution in [1.82, 2.24) is 9.88 Å². The highest BCUT2D eigenvalue weighted by atomic mass is 16.5. The van der Waals surface area contributed by atoms with Gasteiger partial charge in [0.2, 0.25) is 0 Å². The van der Waals surface area contributed by atoms with Gasteiger partial charge in [-0.15, -0.1) is 0 Å². The molecule has 1 aromatic heterocycles. The molecule has 3 aromatic carbocycles. The third kappa shape index (κ3) is 4.24. The highest BCUT2D eigenvalue weighted by molar-refractivity contribution is 5.78. The molecule has 33 heavy (non-hydrogen) atoms. The number of para-hydroxylation sites is 1. The maximum absolute atomic E-state index is 5.53. The van der Waals surface area contributed by atoms with E-state index in [2.05, 4.69) is 88.7 Å². The average molecular weight is 436 g/mol. The molecule has 6 rings (SSSR count). The van der Waals surface area contributed by atoms with E-state index >= 15 is 0 Å². The highest BCUT2D eigenvalue weighted by Gasteiger charge is 2.22. The third-order valence-electron chi connectivity index (χ3n) is 6.92. The van der Waals surface area contributed by atoms with Crippen LogP contribution in [0.1, 0.15) is 16.8 Å². The van der Waals surface area contributed by atoms with E-state index < -0.39 is 0 Å². The van der Waals surface area contributed by atoms with Crippen molar-refractivity contribution in [3.8, 4) is 11.1 Å². The van der Waals surface area contributed by atoms with Gasteiger partial charge in [0.15, 0.2) is 0 Å². The van der Waals surface area contributed by atoms with Gasteiger partial charge in [-0.1, -0.05) is 54.6 Å². The molecule has 0 amide bonds. The minimum atomic E-state index is 0.811. The van der Waals surface area contributed by atoms with Gasteiger partial charge in [-0.05, 0) is 46.5 Å². The SMILES string of the molecule is c1cc(-c2cccc3c2CN(CCc2ccc4ccccc4n2)C3)cc(N2CCOCC2)c1. The Morgan fingerprint density at radius 3 is 2.64 bits per heavy atom. The summed E-state index contributed by atoms with van der Waals surface area (Å²) in [7, 11) is 0. The molecule has 1 fully saturated rings. The van der Waals surface area contributed by atoms with Crippen molar-refractivity contribution in [2.45, 2.75) is 19.5 Å². The standard InChI is InChI=1S/C29H29N3O/c1-2-10-29-22(5-1)11-12-25(30-29)13-14-31-20-24-7-4-9-27(28(24)21-31)23-6-3-8-26(19-23)32-15-17-33-18-16-32/h1-12,19H,13-18,20-21H2. The van der Waals surface area contributed by atoms with Gasteiger partial charge in [0.1, 0.15) is 0 Å². The number of nitrogens with zero attached hydrogens (tertiary/aromatic N) is 3. The van der Waals surface area contributed by atoms with Crippen LogP contribution in [0, 0.1) is 0 Å². The van der Waals surface area contributed by atoms with E-state index in [1.165, 1.54) is 39.0 Å². The number of rotatable bonds is 5. The molecule has 3 heterocycles. The van der Waals surface area contributed by atoms with Gasteiger partial charge in [0, 0.05) is 55.9 Å². The Bertz CT molecular complexity index is 1280. The van der Waals surface area contributed by atoms with Gasteiger partial charge < -0.3 is 9.64 Å². The molecule has 4 heteroatoms. The topological polar surface area (TPSA) is 28.6 Å². The summed E-state index contributed by atoms with van der Waals surface area (Å²) in [4.78, 5) is 9.85. The first-order chi connectivity index (χ1) is 16.3. The normalized spacial score (nSPS) is 16.3. The van der Waals surface area contributed by atoms with Gasteiger partial charge in [-0.3, -0.25) is 9.88 Å². The molecular formula is C29H29N3O. The Morgan fingerprint density at radius 2 is 1.70 bits per heavy atom. The lowest BCUT2D eigenvalue weighted by Gasteiger charge is -2.29. The minimum Gasteiger partial charge on any atom is -0.378 e. The molecule has 4 aromatic rings. The van der Waals surface area contributed by atoms with E-state index in [1.54, 1.807) is 0 Å². The second-order valence-corrected chi connectivity index (χ2v) is 9.05. The second kappa shape index (κ2) is 8.97. The zero-order chi connectivity index (χ0) is 22.0. The fourth-order valence-corrected chi connectivity index (χ4v) is 5.13. The van der Waals surface area contributed by atoms with Gasteiger partial charge in [-0.2, -0.15) is 0 Å². The van der Waals surface area contributed by atoms with Crippen LogP contribution >= 0.6 is 0 Å². The van der Waals surface area contributed by atoms with Crippen LogP contribution in [0.4, 0.5) is 5.69 Å². The van der Waals surface area contributed by atoms with Gasteiger partial charge in [-0.25, -0.2) is 0 Å². The van der Waals surface area contributed by atoms with E-state index in [-0.39, 0.29) is 0 Å². The fraction of sp³-hybridized carbons (Fsp3) is 0.276. The first kappa shape index (κ1) is 20.4. The summed E-state index contributed by atoms with van der Waals surface area (Å²) in [6.45, 7) is 6.59.